The SMILES string of the molecule is CCCCCCCCC(CCCCCCCC)n1c2ccccc2c2cc(-c3ccc(-c4ccccc4)cc3)ccc21. The molecular weight excluding hydrogens is 506 g/mol. The normalized spacial score (nSPS) is 11.7. The molecular formula is C41H51N. The molecule has 0 fully saturated rings. The molecule has 0 saturated carbocycles. The Hall–Kier alpha value is -3.32. The van der Waals surface area contributed by atoms with E-state index in [4.69, 9.17) is 0 Å². The topological polar surface area (TPSA) is 4.93 Å². The average molecular weight is 558 g/mol. The number of benzene rings is 4. The van der Waals surface area contributed by atoms with E-state index in [0.29, 0.717) is 6.04 Å². The minimum Gasteiger partial charge on any atom is -0.337 e. The summed E-state index contributed by atoms with van der Waals surface area (Å²) in [5, 5.41) is 2.79. The molecule has 0 bridgehead atoms. The lowest BCUT2D eigenvalue weighted by Gasteiger charge is -2.22. The Kier molecular flexibility index (Phi) is 11.3. The van der Waals surface area contributed by atoms with E-state index in [2.05, 4.69) is 115 Å². The highest BCUT2D eigenvalue weighted by atomic mass is 15.0. The van der Waals surface area contributed by atoms with Crippen LogP contribution in [0.4, 0.5) is 0 Å². The van der Waals surface area contributed by atoms with Crippen LogP contribution in [-0.4, -0.2) is 4.57 Å². The third-order valence-electron chi connectivity index (χ3n) is 9.18. The highest BCUT2D eigenvalue weighted by molar-refractivity contribution is 6.09. The van der Waals surface area contributed by atoms with Gasteiger partial charge >= 0.3 is 0 Å². The molecule has 0 saturated heterocycles. The van der Waals surface area contributed by atoms with Gasteiger partial charge in [-0.15, -0.1) is 0 Å². The zero-order chi connectivity index (χ0) is 29.0. The molecule has 5 aromatic rings. The third kappa shape index (κ3) is 7.54. The number of hydrogen-bond donors (Lipinski definition) is 0. The number of fused-ring (bicyclic) bond motifs is 3. The van der Waals surface area contributed by atoms with Gasteiger partial charge in [0.1, 0.15) is 0 Å². The second-order valence-electron chi connectivity index (χ2n) is 12.3. The van der Waals surface area contributed by atoms with E-state index in [9.17, 15) is 0 Å². The molecule has 220 valence electrons. The molecule has 0 aliphatic carbocycles. The Morgan fingerprint density at radius 1 is 0.429 bits per heavy atom. The first-order chi connectivity index (χ1) is 20.8. The van der Waals surface area contributed by atoms with Crippen LogP contribution in [-0.2, 0) is 0 Å². The fourth-order valence-corrected chi connectivity index (χ4v) is 6.78. The molecule has 5 rings (SSSR count). The number of para-hydroxylation sites is 1. The van der Waals surface area contributed by atoms with E-state index in [1.54, 1.807) is 0 Å². The van der Waals surface area contributed by atoms with Crippen LogP contribution in [0.3, 0.4) is 0 Å². The maximum Gasteiger partial charge on any atom is 0.0494 e. The average Bonchev–Trinajstić information content (AvgIpc) is 3.37. The Morgan fingerprint density at radius 3 is 1.55 bits per heavy atom. The number of nitrogens with zero attached hydrogens (tertiary/aromatic N) is 1. The van der Waals surface area contributed by atoms with Crippen molar-refractivity contribution in [2.75, 3.05) is 0 Å². The summed E-state index contributed by atoms with van der Waals surface area (Å²) in [5.41, 5.74) is 7.93. The van der Waals surface area contributed by atoms with E-state index in [1.165, 1.54) is 134 Å². The van der Waals surface area contributed by atoms with E-state index in [1.807, 2.05) is 0 Å². The molecule has 0 N–H and O–H groups in total. The largest absolute Gasteiger partial charge is 0.337 e. The Balaban J connectivity index is 1.42. The Bertz CT molecular complexity index is 1480. The quantitative estimate of drug-likeness (QED) is 0.100. The second-order valence-corrected chi connectivity index (χ2v) is 12.3. The van der Waals surface area contributed by atoms with E-state index >= 15 is 0 Å². The smallest absolute Gasteiger partial charge is 0.0494 e. The molecule has 0 aliphatic rings. The van der Waals surface area contributed by atoms with E-state index < -0.39 is 0 Å². The van der Waals surface area contributed by atoms with Crippen LogP contribution in [0.15, 0.2) is 97.1 Å². The summed E-state index contributed by atoms with van der Waals surface area (Å²) >= 11 is 0. The van der Waals surface area contributed by atoms with Crippen LogP contribution < -0.4 is 0 Å². The molecule has 0 unspecified atom stereocenters. The van der Waals surface area contributed by atoms with Crippen molar-refractivity contribution in [2.24, 2.45) is 0 Å². The predicted molar refractivity (Wildman–Crippen MR) is 185 cm³/mol. The fourth-order valence-electron chi connectivity index (χ4n) is 6.78. The Morgan fingerprint density at radius 2 is 0.905 bits per heavy atom. The number of rotatable bonds is 17. The first-order valence-corrected chi connectivity index (χ1v) is 17.0. The van der Waals surface area contributed by atoms with Crippen molar-refractivity contribution < 1.29 is 0 Å². The van der Waals surface area contributed by atoms with Crippen molar-refractivity contribution in [1.82, 2.24) is 4.57 Å². The van der Waals surface area contributed by atoms with Crippen LogP contribution >= 0.6 is 0 Å². The van der Waals surface area contributed by atoms with Gasteiger partial charge in [0.15, 0.2) is 0 Å². The van der Waals surface area contributed by atoms with Crippen LogP contribution in [0.2, 0.25) is 0 Å². The van der Waals surface area contributed by atoms with Gasteiger partial charge in [0.2, 0.25) is 0 Å². The van der Waals surface area contributed by atoms with Crippen molar-refractivity contribution in [3.63, 3.8) is 0 Å². The van der Waals surface area contributed by atoms with Crippen molar-refractivity contribution >= 4 is 21.8 Å². The van der Waals surface area contributed by atoms with Gasteiger partial charge in [-0.2, -0.15) is 0 Å². The number of aromatic nitrogens is 1. The lowest BCUT2D eigenvalue weighted by atomic mass is 9.98. The molecule has 0 aliphatic heterocycles. The van der Waals surface area contributed by atoms with Gasteiger partial charge in [-0.3, -0.25) is 0 Å². The summed E-state index contributed by atoms with van der Waals surface area (Å²) in [5.74, 6) is 0. The molecule has 0 radical (unpaired) electrons. The molecule has 1 nitrogen and oxygen atoms in total. The first kappa shape index (κ1) is 30.1. The summed E-state index contributed by atoms with van der Waals surface area (Å²) in [6, 6.07) is 36.7. The van der Waals surface area contributed by atoms with Crippen LogP contribution in [0.5, 0.6) is 0 Å². The van der Waals surface area contributed by atoms with E-state index in [0.717, 1.165) is 0 Å². The molecule has 0 amide bonds. The zero-order valence-electron chi connectivity index (χ0n) is 26.2. The summed E-state index contributed by atoms with van der Waals surface area (Å²) < 4.78 is 2.73. The minimum absolute atomic E-state index is 0.570. The van der Waals surface area contributed by atoms with Crippen LogP contribution in [0.25, 0.3) is 44.1 Å². The summed E-state index contributed by atoms with van der Waals surface area (Å²) in [7, 11) is 0. The number of unbranched alkanes of at least 4 members (excludes halogenated alkanes) is 10. The van der Waals surface area contributed by atoms with Gasteiger partial charge in [-0.1, -0.05) is 170 Å². The van der Waals surface area contributed by atoms with Crippen molar-refractivity contribution in [2.45, 2.75) is 110 Å². The van der Waals surface area contributed by atoms with Crippen molar-refractivity contribution in [1.29, 1.82) is 0 Å². The van der Waals surface area contributed by atoms with Gasteiger partial charge in [0.05, 0.1) is 0 Å². The van der Waals surface area contributed by atoms with Crippen molar-refractivity contribution in [3.05, 3.63) is 97.1 Å². The standard InChI is InChI=1S/C41H51N/c1-3-5-7-9-11-16-22-37(23-17-12-10-8-6-4-2)42-40-25-19-18-24-38(40)39-32-36(30-31-41(39)42)35-28-26-34(27-29-35)33-20-14-13-15-21-33/h13-15,18-21,24-32,37H,3-12,16-17,22-23H2,1-2H3. The van der Waals surface area contributed by atoms with Crippen LogP contribution in [0.1, 0.15) is 110 Å². The maximum absolute atomic E-state index is 2.73. The van der Waals surface area contributed by atoms with Gasteiger partial charge < -0.3 is 4.57 Å². The molecule has 1 aromatic heterocycles. The molecule has 42 heavy (non-hydrogen) atoms. The maximum atomic E-state index is 2.73. The minimum atomic E-state index is 0.570. The predicted octanol–water partition coefficient (Wildman–Crippen LogP) is 13.2. The van der Waals surface area contributed by atoms with Gasteiger partial charge in [0.25, 0.3) is 0 Å². The second kappa shape index (κ2) is 15.8. The van der Waals surface area contributed by atoms with Gasteiger partial charge in [-0.25, -0.2) is 0 Å². The summed E-state index contributed by atoms with van der Waals surface area (Å²) in [6.07, 6.45) is 18.9. The summed E-state index contributed by atoms with van der Waals surface area (Å²) in [6.45, 7) is 4.62. The molecule has 0 atom stereocenters. The van der Waals surface area contributed by atoms with E-state index in [-0.39, 0.29) is 0 Å². The Labute approximate surface area is 255 Å². The molecule has 4 aromatic carbocycles. The lowest BCUT2D eigenvalue weighted by Crippen LogP contribution is -2.09. The van der Waals surface area contributed by atoms with Gasteiger partial charge in [0, 0.05) is 27.8 Å². The molecule has 0 spiro atoms. The highest BCUT2D eigenvalue weighted by Gasteiger charge is 2.19. The fraction of sp³-hybridized carbons (Fsp3) is 0.415. The van der Waals surface area contributed by atoms with Crippen LogP contribution in [0, 0.1) is 0 Å². The van der Waals surface area contributed by atoms with Gasteiger partial charge in [-0.05, 0) is 53.3 Å². The highest BCUT2D eigenvalue weighted by Crippen LogP contribution is 2.38. The lowest BCUT2D eigenvalue weighted by molar-refractivity contribution is 0.410. The molecule has 1 heteroatoms. The third-order valence-corrected chi connectivity index (χ3v) is 9.18. The van der Waals surface area contributed by atoms with Crippen molar-refractivity contribution in [3.8, 4) is 22.3 Å². The first-order valence-electron chi connectivity index (χ1n) is 17.0. The summed E-state index contributed by atoms with van der Waals surface area (Å²) in [4.78, 5) is 0. The monoisotopic (exact) mass is 557 g/mol. The molecule has 1 heterocycles. The number of hydrogen-bond acceptors (Lipinski definition) is 0. The zero-order valence-corrected chi connectivity index (χ0v) is 26.2.